The summed E-state index contributed by atoms with van der Waals surface area (Å²) in [7, 11) is 0. The van der Waals surface area contributed by atoms with E-state index in [1.165, 1.54) is 24.4 Å². The Morgan fingerprint density at radius 1 is 1.22 bits per heavy atom. The lowest BCUT2D eigenvalue weighted by Crippen LogP contribution is -2.57. The zero-order valence-corrected chi connectivity index (χ0v) is 18.1. The molecule has 0 saturated heterocycles. The number of ether oxygens (including phenoxy) is 2. The van der Waals surface area contributed by atoms with Gasteiger partial charge in [0, 0.05) is 24.3 Å². The van der Waals surface area contributed by atoms with Crippen molar-refractivity contribution in [2.75, 3.05) is 4.90 Å². The Kier molecular flexibility index (Phi) is 5.13. The van der Waals surface area contributed by atoms with Crippen molar-refractivity contribution in [2.45, 2.75) is 51.2 Å². The highest BCUT2D eigenvalue weighted by atomic mass is 16.5. The molecule has 2 aromatic rings. The third kappa shape index (κ3) is 3.62. The quantitative estimate of drug-likeness (QED) is 0.730. The van der Waals surface area contributed by atoms with E-state index in [0.717, 1.165) is 19.3 Å². The van der Waals surface area contributed by atoms with E-state index in [1.54, 1.807) is 29.2 Å². The molecule has 2 aliphatic heterocycles. The molecule has 1 atom stereocenters. The lowest BCUT2D eigenvalue weighted by molar-refractivity contribution is 0.223. The van der Waals surface area contributed by atoms with Gasteiger partial charge in [0.1, 0.15) is 31.2 Å². The third-order valence-corrected chi connectivity index (χ3v) is 6.09. The van der Waals surface area contributed by atoms with Crippen LogP contribution in [0.1, 0.15) is 33.1 Å². The fraction of sp³-hybridized carbons (Fsp3) is 0.333. The fourth-order valence-electron chi connectivity index (χ4n) is 4.43. The summed E-state index contributed by atoms with van der Waals surface area (Å²) in [6.07, 6.45) is 16.7. The second kappa shape index (κ2) is 8.11. The van der Waals surface area contributed by atoms with E-state index >= 15 is 0 Å². The lowest BCUT2D eigenvalue weighted by atomic mass is 9.88. The number of rotatable bonds is 4. The second-order valence-electron chi connectivity index (χ2n) is 8.62. The number of allylic oxidation sites excluding steroid dienone is 3. The maximum absolute atomic E-state index is 13.1. The van der Waals surface area contributed by atoms with Gasteiger partial charge < -0.3 is 14.4 Å². The molecule has 0 bridgehead atoms. The maximum Gasteiger partial charge on any atom is 0.255 e. The van der Waals surface area contributed by atoms with Crippen LogP contribution >= 0.6 is 0 Å². The number of anilines is 1. The molecule has 0 aromatic carbocycles. The summed E-state index contributed by atoms with van der Waals surface area (Å²) in [6, 6.07) is 3.04. The maximum atomic E-state index is 13.1. The Bertz CT molecular complexity index is 1190. The van der Waals surface area contributed by atoms with E-state index < -0.39 is 0 Å². The summed E-state index contributed by atoms with van der Waals surface area (Å²) in [6.45, 7) is 4.94. The highest BCUT2D eigenvalue weighted by Gasteiger charge is 2.43. The Labute approximate surface area is 186 Å². The van der Waals surface area contributed by atoms with Gasteiger partial charge in [-0.1, -0.05) is 18.2 Å². The van der Waals surface area contributed by atoms with Crippen LogP contribution in [0.4, 0.5) is 5.95 Å². The van der Waals surface area contributed by atoms with E-state index in [0.29, 0.717) is 29.6 Å². The van der Waals surface area contributed by atoms with Gasteiger partial charge in [-0.15, -0.1) is 0 Å². The van der Waals surface area contributed by atoms with Crippen molar-refractivity contribution in [1.29, 1.82) is 0 Å². The minimum atomic E-state index is -0.290. The summed E-state index contributed by atoms with van der Waals surface area (Å²) >= 11 is 0. The lowest BCUT2D eigenvalue weighted by Gasteiger charge is -2.49. The van der Waals surface area contributed by atoms with Gasteiger partial charge in [0.25, 0.3) is 5.56 Å². The largest absolute Gasteiger partial charge is 0.466 e. The van der Waals surface area contributed by atoms with Gasteiger partial charge in [0.05, 0.1) is 11.4 Å². The predicted molar refractivity (Wildman–Crippen MR) is 120 cm³/mol. The summed E-state index contributed by atoms with van der Waals surface area (Å²) < 4.78 is 13.1. The molecule has 3 aliphatic rings. The van der Waals surface area contributed by atoms with Crippen LogP contribution in [0, 0.1) is 0 Å². The number of fused-ring (bicyclic) bond motifs is 1. The Balaban J connectivity index is 1.70. The van der Waals surface area contributed by atoms with Crippen molar-refractivity contribution in [2.24, 2.45) is 0 Å². The standard InChI is InChI=1S/C24H25N5O3/c1-24(2)9-11-28-21(30)14-19(18-8-10-25-16-26-18)27-23(28)29(24)22(17-6-4-3-5-7-17)20-15-31-12-13-32-20/h3-4,6,8,10,12-16,22H,5,7,9,11H2,1-2H3. The average molecular weight is 431 g/mol. The van der Waals surface area contributed by atoms with Crippen molar-refractivity contribution in [3.63, 3.8) is 0 Å². The normalized spacial score (nSPS) is 19.9. The Morgan fingerprint density at radius 2 is 2.12 bits per heavy atom. The Morgan fingerprint density at radius 3 is 2.84 bits per heavy atom. The average Bonchev–Trinajstić information content (AvgIpc) is 2.82. The van der Waals surface area contributed by atoms with Crippen LogP contribution < -0.4 is 10.5 Å². The van der Waals surface area contributed by atoms with Crippen molar-refractivity contribution in [3.05, 3.63) is 83.4 Å². The summed E-state index contributed by atoms with van der Waals surface area (Å²) in [5.74, 6) is 1.26. The molecule has 8 nitrogen and oxygen atoms in total. The highest BCUT2D eigenvalue weighted by Crippen LogP contribution is 2.39. The monoisotopic (exact) mass is 431 g/mol. The van der Waals surface area contributed by atoms with Crippen LogP contribution in [-0.2, 0) is 16.0 Å². The molecule has 0 saturated carbocycles. The molecule has 0 fully saturated rings. The van der Waals surface area contributed by atoms with E-state index in [4.69, 9.17) is 14.5 Å². The third-order valence-electron chi connectivity index (χ3n) is 6.09. The summed E-state index contributed by atoms with van der Waals surface area (Å²) in [4.78, 5) is 28.6. The minimum absolute atomic E-state index is 0.102. The van der Waals surface area contributed by atoms with E-state index in [1.807, 2.05) is 0 Å². The van der Waals surface area contributed by atoms with Crippen LogP contribution in [0.5, 0.6) is 0 Å². The number of hydrogen-bond acceptors (Lipinski definition) is 7. The number of aromatic nitrogens is 4. The molecule has 0 radical (unpaired) electrons. The van der Waals surface area contributed by atoms with E-state index in [-0.39, 0.29) is 17.1 Å². The van der Waals surface area contributed by atoms with Gasteiger partial charge >= 0.3 is 0 Å². The Hall–Kier alpha value is -3.68. The molecule has 0 amide bonds. The van der Waals surface area contributed by atoms with Crippen molar-refractivity contribution in [3.8, 4) is 11.4 Å². The van der Waals surface area contributed by atoms with Gasteiger partial charge in [-0.05, 0) is 44.7 Å². The molecular formula is C24H25N5O3. The highest BCUT2D eigenvalue weighted by molar-refractivity contribution is 5.57. The van der Waals surface area contributed by atoms with E-state index in [2.05, 4.69) is 46.9 Å². The zero-order chi connectivity index (χ0) is 22.1. The molecule has 0 spiro atoms. The van der Waals surface area contributed by atoms with Crippen LogP contribution in [-0.4, -0.2) is 31.1 Å². The number of nitrogens with zero attached hydrogens (tertiary/aromatic N) is 5. The van der Waals surface area contributed by atoms with Gasteiger partial charge in [-0.25, -0.2) is 15.0 Å². The molecular weight excluding hydrogens is 406 g/mol. The molecule has 5 rings (SSSR count). The summed E-state index contributed by atoms with van der Waals surface area (Å²) in [5.41, 5.74) is 1.93. The van der Waals surface area contributed by atoms with Gasteiger partial charge in [-0.2, -0.15) is 0 Å². The summed E-state index contributed by atoms with van der Waals surface area (Å²) in [5, 5.41) is 0. The van der Waals surface area contributed by atoms with Gasteiger partial charge in [0.15, 0.2) is 5.76 Å². The van der Waals surface area contributed by atoms with Gasteiger partial charge in [0.2, 0.25) is 5.95 Å². The van der Waals surface area contributed by atoms with Crippen LogP contribution in [0.15, 0.2) is 77.8 Å². The molecule has 8 heteroatoms. The first-order valence-corrected chi connectivity index (χ1v) is 10.7. The van der Waals surface area contributed by atoms with E-state index in [9.17, 15) is 4.79 Å². The molecule has 32 heavy (non-hydrogen) atoms. The molecule has 164 valence electrons. The first-order valence-electron chi connectivity index (χ1n) is 10.7. The van der Waals surface area contributed by atoms with Crippen molar-refractivity contribution < 1.29 is 9.47 Å². The fourth-order valence-corrected chi connectivity index (χ4v) is 4.43. The molecule has 2 aromatic heterocycles. The molecule has 0 N–H and O–H groups in total. The second-order valence-corrected chi connectivity index (χ2v) is 8.62. The van der Waals surface area contributed by atoms with Crippen molar-refractivity contribution >= 4 is 5.95 Å². The topological polar surface area (TPSA) is 82.4 Å². The van der Waals surface area contributed by atoms with Crippen molar-refractivity contribution in [1.82, 2.24) is 19.5 Å². The smallest absolute Gasteiger partial charge is 0.255 e. The zero-order valence-electron chi connectivity index (χ0n) is 18.1. The number of hydrogen-bond donors (Lipinski definition) is 0. The van der Waals surface area contributed by atoms with Crippen LogP contribution in [0.3, 0.4) is 0 Å². The predicted octanol–water partition coefficient (Wildman–Crippen LogP) is 3.69. The first kappa shape index (κ1) is 20.2. The SMILES string of the molecule is CC1(C)CCn2c(nc(-c3ccncn3)cc2=O)N1C(C1=CC=CCC1)C1=COC=CO1. The minimum Gasteiger partial charge on any atom is -0.466 e. The molecule has 1 aliphatic carbocycles. The molecule has 1 unspecified atom stereocenters. The molecule has 4 heterocycles. The first-order chi connectivity index (χ1) is 15.5. The van der Waals surface area contributed by atoms with Gasteiger partial charge in [-0.3, -0.25) is 9.36 Å². The van der Waals surface area contributed by atoms with Crippen LogP contribution in [0.2, 0.25) is 0 Å². The van der Waals surface area contributed by atoms with Crippen LogP contribution in [0.25, 0.3) is 11.4 Å².